The van der Waals surface area contributed by atoms with E-state index in [2.05, 4.69) is 10.6 Å². The molecule has 2 N–H and O–H groups in total. The first-order valence-corrected chi connectivity index (χ1v) is 9.38. The predicted molar refractivity (Wildman–Crippen MR) is 98.4 cm³/mol. The van der Waals surface area contributed by atoms with Crippen LogP contribution >= 0.6 is 11.6 Å². The molecule has 0 aromatic heterocycles. The molecule has 1 aliphatic rings. The van der Waals surface area contributed by atoms with Gasteiger partial charge >= 0.3 is 0 Å². The molecule has 1 aromatic rings. The van der Waals surface area contributed by atoms with Gasteiger partial charge in [-0.25, -0.2) is 4.39 Å². The molecule has 1 fully saturated rings. The molecule has 0 spiro atoms. The lowest BCUT2D eigenvalue weighted by Gasteiger charge is -2.33. The van der Waals surface area contributed by atoms with Crippen molar-refractivity contribution in [2.45, 2.75) is 44.2 Å². The number of carbonyl (C=O) groups excluding carboxylic acids is 2. The van der Waals surface area contributed by atoms with E-state index in [1.54, 1.807) is 25.1 Å². The van der Waals surface area contributed by atoms with Crippen LogP contribution in [0.5, 0.6) is 0 Å². The van der Waals surface area contributed by atoms with E-state index in [1.807, 2.05) is 0 Å². The highest BCUT2D eigenvalue weighted by Crippen LogP contribution is 2.29. The van der Waals surface area contributed by atoms with Crippen LogP contribution in [0.15, 0.2) is 24.3 Å². The molecule has 1 aliphatic carbocycles. The Morgan fingerprint density at radius 2 is 1.92 bits per heavy atom. The van der Waals surface area contributed by atoms with Crippen LogP contribution in [0.25, 0.3) is 0 Å². The van der Waals surface area contributed by atoms with E-state index >= 15 is 0 Å². The summed E-state index contributed by atoms with van der Waals surface area (Å²) in [5.41, 5.74) is -1.16. The second-order valence-electron chi connectivity index (χ2n) is 6.85. The monoisotopic (exact) mass is 384 g/mol. The standard InChI is InChI=1S/C19H26ClFN2O3/c1-19(26-2,15-5-3-4-6-16(15)21)18(25)23-14-9-7-13(8-10-14)12-22-17(24)11-20/h3-6,13-14H,7-12H2,1-2H3,(H,22,24)(H,23,25). The maximum atomic E-state index is 14.1. The molecule has 2 rings (SSSR count). The number of carbonyl (C=O) groups is 2. The van der Waals surface area contributed by atoms with Crippen LogP contribution in [0, 0.1) is 11.7 Å². The Balaban J connectivity index is 1.91. The third-order valence-electron chi connectivity index (χ3n) is 5.12. The van der Waals surface area contributed by atoms with Gasteiger partial charge in [0.2, 0.25) is 5.91 Å². The molecule has 0 bridgehead atoms. The number of ether oxygens (including phenoxy) is 1. The third-order valence-corrected chi connectivity index (χ3v) is 5.36. The minimum absolute atomic E-state index is 0.0173. The van der Waals surface area contributed by atoms with E-state index in [9.17, 15) is 14.0 Å². The van der Waals surface area contributed by atoms with Crippen LogP contribution in [0.3, 0.4) is 0 Å². The number of nitrogens with one attached hydrogen (secondary N) is 2. The number of alkyl halides is 1. The van der Waals surface area contributed by atoms with Crippen LogP contribution in [-0.2, 0) is 19.9 Å². The van der Waals surface area contributed by atoms with Crippen molar-refractivity contribution >= 4 is 23.4 Å². The molecule has 0 saturated heterocycles. The van der Waals surface area contributed by atoms with E-state index in [-0.39, 0.29) is 29.3 Å². The molecule has 1 saturated carbocycles. The van der Waals surface area contributed by atoms with Crippen LogP contribution in [0.1, 0.15) is 38.2 Å². The van der Waals surface area contributed by atoms with Crippen molar-refractivity contribution in [1.82, 2.24) is 10.6 Å². The summed E-state index contributed by atoms with van der Waals surface area (Å²) in [6.45, 7) is 2.19. The molecular weight excluding hydrogens is 359 g/mol. The summed E-state index contributed by atoms with van der Waals surface area (Å²) in [7, 11) is 1.41. The van der Waals surface area contributed by atoms with Gasteiger partial charge < -0.3 is 15.4 Å². The van der Waals surface area contributed by atoms with Crippen LogP contribution in [0.4, 0.5) is 4.39 Å². The molecule has 0 heterocycles. The summed E-state index contributed by atoms with van der Waals surface area (Å²) >= 11 is 5.47. The Morgan fingerprint density at radius 3 is 2.50 bits per heavy atom. The average molecular weight is 385 g/mol. The van der Waals surface area contributed by atoms with Crippen molar-refractivity contribution in [3.63, 3.8) is 0 Å². The molecular formula is C19H26ClFN2O3. The summed E-state index contributed by atoms with van der Waals surface area (Å²) in [5, 5.41) is 5.79. The van der Waals surface area contributed by atoms with Gasteiger partial charge in [-0.2, -0.15) is 0 Å². The molecule has 2 amide bonds. The van der Waals surface area contributed by atoms with E-state index in [4.69, 9.17) is 16.3 Å². The number of methoxy groups -OCH3 is 1. The maximum absolute atomic E-state index is 14.1. The van der Waals surface area contributed by atoms with Gasteiger partial charge in [0.1, 0.15) is 11.7 Å². The first kappa shape index (κ1) is 20.6. The van der Waals surface area contributed by atoms with Gasteiger partial charge in [-0.1, -0.05) is 18.2 Å². The summed E-state index contributed by atoms with van der Waals surface area (Å²) in [6, 6.07) is 6.17. The molecule has 1 aromatic carbocycles. The van der Waals surface area contributed by atoms with Gasteiger partial charge in [0.15, 0.2) is 5.60 Å². The first-order chi connectivity index (χ1) is 12.4. The third kappa shape index (κ3) is 4.95. The van der Waals surface area contributed by atoms with Crippen LogP contribution in [-0.4, -0.2) is 37.4 Å². The predicted octanol–water partition coefficient (Wildman–Crippen LogP) is 2.72. The van der Waals surface area contributed by atoms with Crippen LogP contribution in [0.2, 0.25) is 0 Å². The Morgan fingerprint density at radius 1 is 1.27 bits per heavy atom. The van der Waals surface area contributed by atoms with Crippen molar-refractivity contribution < 1.29 is 18.7 Å². The molecule has 5 nitrogen and oxygen atoms in total. The van der Waals surface area contributed by atoms with E-state index in [1.165, 1.54) is 13.2 Å². The zero-order valence-electron chi connectivity index (χ0n) is 15.2. The van der Waals surface area contributed by atoms with Crippen LogP contribution < -0.4 is 10.6 Å². The zero-order chi connectivity index (χ0) is 19.2. The lowest BCUT2D eigenvalue weighted by Crippen LogP contribution is -2.49. The Kier molecular flexibility index (Phi) is 7.41. The van der Waals surface area contributed by atoms with E-state index in [0.717, 1.165) is 25.7 Å². The van der Waals surface area contributed by atoms with Crippen molar-refractivity contribution in [1.29, 1.82) is 0 Å². The number of hydrogen-bond donors (Lipinski definition) is 2. The molecule has 26 heavy (non-hydrogen) atoms. The second-order valence-corrected chi connectivity index (χ2v) is 7.11. The number of rotatable bonds is 7. The van der Waals surface area contributed by atoms with Crippen molar-refractivity contribution in [3.05, 3.63) is 35.6 Å². The van der Waals surface area contributed by atoms with Crippen molar-refractivity contribution in [3.8, 4) is 0 Å². The fraction of sp³-hybridized carbons (Fsp3) is 0.579. The highest BCUT2D eigenvalue weighted by Gasteiger charge is 2.38. The minimum Gasteiger partial charge on any atom is -0.364 e. The quantitative estimate of drug-likeness (QED) is 0.710. The Bertz CT molecular complexity index is 635. The summed E-state index contributed by atoms with van der Waals surface area (Å²) in [4.78, 5) is 24.0. The summed E-state index contributed by atoms with van der Waals surface area (Å²) in [6.07, 6.45) is 3.42. The second kappa shape index (κ2) is 9.33. The normalized spacial score (nSPS) is 22.3. The smallest absolute Gasteiger partial charge is 0.256 e. The number of amides is 2. The molecule has 144 valence electrons. The Labute approximate surface area is 158 Å². The fourth-order valence-corrected chi connectivity index (χ4v) is 3.41. The molecule has 0 radical (unpaired) electrons. The fourth-order valence-electron chi connectivity index (χ4n) is 3.31. The van der Waals surface area contributed by atoms with Gasteiger partial charge in [-0.15, -0.1) is 11.6 Å². The van der Waals surface area contributed by atoms with E-state index < -0.39 is 11.4 Å². The molecule has 7 heteroatoms. The number of benzene rings is 1. The minimum atomic E-state index is -1.38. The molecule has 1 unspecified atom stereocenters. The highest BCUT2D eigenvalue weighted by molar-refractivity contribution is 6.27. The van der Waals surface area contributed by atoms with Gasteiger partial charge in [0.25, 0.3) is 5.91 Å². The summed E-state index contributed by atoms with van der Waals surface area (Å²) in [5.74, 6) is -0.620. The first-order valence-electron chi connectivity index (χ1n) is 8.84. The number of halogens is 2. The number of hydrogen-bond acceptors (Lipinski definition) is 3. The van der Waals surface area contributed by atoms with Gasteiger partial charge in [0.05, 0.1) is 0 Å². The van der Waals surface area contributed by atoms with Crippen molar-refractivity contribution in [2.24, 2.45) is 5.92 Å². The van der Waals surface area contributed by atoms with Gasteiger partial charge in [0, 0.05) is 25.3 Å². The summed E-state index contributed by atoms with van der Waals surface area (Å²) < 4.78 is 19.5. The lowest BCUT2D eigenvalue weighted by molar-refractivity contribution is -0.144. The van der Waals surface area contributed by atoms with E-state index in [0.29, 0.717) is 12.5 Å². The van der Waals surface area contributed by atoms with Gasteiger partial charge in [-0.3, -0.25) is 9.59 Å². The average Bonchev–Trinajstić information content (AvgIpc) is 2.66. The largest absolute Gasteiger partial charge is 0.364 e. The molecule has 1 atom stereocenters. The Hall–Kier alpha value is -1.66. The topological polar surface area (TPSA) is 67.4 Å². The highest BCUT2D eigenvalue weighted by atomic mass is 35.5. The SMILES string of the molecule is COC(C)(C(=O)NC1CCC(CNC(=O)CCl)CC1)c1ccccc1F. The van der Waals surface area contributed by atoms with Crippen molar-refractivity contribution in [2.75, 3.05) is 19.5 Å². The lowest BCUT2D eigenvalue weighted by atomic mass is 9.85. The van der Waals surface area contributed by atoms with Gasteiger partial charge in [-0.05, 0) is 44.6 Å². The zero-order valence-corrected chi connectivity index (χ0v) is 15.9. The molecule has 0 aliphatic heterocycles. The maximum Gasteiger partial charge on any atom is 0.256 e.